The third kappa shape index (κ3) is 3.37. The number of aromatic amines is 2. The van der Waals surface area contributed by atoms with Gasteiger partial charge in [-0.3, -0.25) is 9.89 Å². The van der Waals surface area contributed by atoms with Crippen molar-refractivity contribution in [3.8, 4) is 17.0 Å². The number of methoxy groups -OCH3 is 1. The van der Waals surface area contributed by atoms with Crippen LogP contribution in [0.5, 0.6) is 5.75 Å². The first-order valence-electron chi connectivity index (χ1n) is 8.76. The van der Waals surface area contributed by atoms with Crippen molar-refractivity contribution in [2.45, 2.75) is 6.92 Å². The second kappa shape index (κ2) is 7.40. The summed E-state index contributed by atoms with van der Waals surface area (Å²) in [7, 11) is 1.61. The van der Waals surface area contributed by atoms with Crippen molar-refractivity contribution in [3.63, 3.8) is 0 Å². The lowest BCUT2D eigenvalue weighted by Gasteiger charge is -2.00. The maximum Gasteiger partial charge on any atom is 0.289 e. The molecule has 4 rings (SSSR count). The number of carbonyl (C=O) groups excluding carboxylic acids is 1. The van der Waals surface area contributed by atoms with Crippen molar-refractivity contribution in [3.05, 3.63) is 71.5 Å². The van der Waals surface area contributed by atoms with Crippen LogP contribution in [-0.4, -0.2) is 34.4 Å². The highest BCUT2D eigenvalue weighted by Crippen LogP contribution is 2.23. The number of hydrogen-bond acceptors (Lipinski definition) is 4. The van der Waals surface area contributed by atoms with Crippen LogP contribution in [0.3, 0.4) is 0 Å². The molecule has 2 aromatic carbocycles. The van der Waals surface area contributed by atoms with Crippen LogP contribution in [0.25, 0.3) is 22.2 Å². The Morgan fingerprint density at radius 1 is 1.18 bits per heavy atom. The minimum absolute atomic E-state index is 0.325. The number of carbonyl (C=O) groups is 1. The zero-order valence-corrected chi connectivity index (χ0v) is 15.5. The molecule has 0 spiro atoms. The van der Waals surface area contributed by atoms with Gasteiger partial charge < -0.3 is 9.72 Å². The summed E-state index contributed by atoms with van der Waals surface area (Å²) in [5.41, 5.74) is 7.33. The highest BCUT2D eigenvalue weighted by atomic mass is 16.5. The summed E-state index contributed by atoms with van der Waals surface area (Å²) < 4.78 is 5.22. The van der Waals surface area contributed by atoms with Crippen LogP contribution in [0.2, 0.25) is 0 Å². The monoisotopic (exact) mass is 373 g/mol. The first-order chi connectivity index (χ1) is 13.7. The number of aryl methyl sites for hydroxylation is 1. The summed E-state index contributed by atoms with van der Waals surface area (Å²) in [4.78, 5) is 15.7. The Labute approximate surface area is 161 Å². The van der Waals surface area contributed by atoms with E-state index in [4.69, 9.17) is 4.74 Å². The summed E-state index contributed by atoms with van der Waals surface area (Å²) in [6, 6.07) is 17.1. The highest BCUT2D eigenvalue weighted by molar-refractivity contribution is 6.01. The quantitative estimate of drug-likeness (QED) is 0.368. The van der Waals surface area contributed by atoms with Crippen molar-refractivity contribution in [1.82, 2.24) is 20.6 Å². The molecule has 0 bridgehead atoms. The molecular formula is C21H19N5O2. The van der Waals surface area contributed by atoms with Gasteiger partial charge in [0.05, 0.1) is 19.0 Å². The molecule has 2 aromatic heterocycles. The van der Waals surface area contributed by atoms with E-state index in [-0.39, 0.29) is 5.91 Å². The molecule has 7 nitrogen and oxygen atoms in total. The van der Waals surface area contributed by atoms with Crippen LogP contribution in [0.15, 0.2) is 59.7 Å². The number of nitrogens with one attached hydrogen (secondary N) is 3. The van der Waals surface area contributed by atoms with Gasteiger partial charge in [-0.25, -0.2) is 5.43 Å². The molecule has 0 aliphatic heterocycles. The van der Waals surface area contributed by atoms with Crippen LogP contribution in [0, 0.1) is 6.92 Å². The van der Waals surface area contributed by atoms with Gasteiger partial charge in [0.2, 0.25) is 0 Å². The van der Waals surface area contributed by atoms with E-state index >= 15 is 0 Å². The van der Waals surface area contributed by atoms with Crippen molar-refractivity contribution in [2.75, 3.05) is 7.11 Å². The summed E-state index contributed by atoms with van der Waals surface area (Å²) in [6.45, 7) is 1.97. The van der Waals surface area contributed by atoms with E-state index in [1.807, 2.05) is 55.5 Å². The Hall–Kier alpha value is -3.87. The van der Waals surface area contributed by atoms with Crippen LogP contribution in [0.4, 0.5) is 0 Å². The minimum Gasteiger partial charge on any atom is -0.497 e. The van der Waals surface area contributed by atoms with Gasteiger partial charge in [-0.1, -0.05) is 30.3 Å². The Morgan fingerprint density at radius 2 is 2.04 bits per heavy atom. The molecule has 1 amide bonds. The van der Waals surface area contributed by atoms with Gasteiger partial charge >= 0.3 is 0 Å². The summed E-state index contributed by atoms with van der Waals surface area (Å²) in [5.74, 6) is 0.362. The highest BCUT2D eigenvalue weighted by Gasteiger charge is 2.11. The lowest BCUT2D eigenvalue weighted by molar-refractivity contribution is 0.0950. The molecular weight excluding hydrogens is 354 g/mol. The number of H-pyrrole nitrogens is 2. The van der Waals surface area contributed by atoms with E-state index in [0.717, 1.165) is 33.5 Å². The van der Waals surface area contributed by atoms with Gasteiger partial charge in [0.25, 0.3) is 5.91 Å². The third-order valence-electron chi connectivity index (χ3n) is 4.49. The van der Waals surface area contributed by atoms with E-state index in [1.54, 1.807) is 19.4 Å². The van der Waals surface area contributed by atoms with E-state index in [0.29, 0.717) is 11.4 Å². The smallest absolute Gasteiger partial charge is 0.289 e. The molecule has 0 radical (unpaired) electrons. The number of nitrogens with zero attached hydrogens (tertiary/aromatic N) is 2. The van der Waals surface area contributed by atoms with E-state index in [1.165, 1.54) is 0 Å². The van der Waals surface area contributed by atoms with Gasteiger partial charge in [0, 0.05) is 27.7 Å². The predicted molar refractivity (Wildman–Crippen MR) is 109 cm³/mol. The molecule has 3 N–H and O–H groups in total. The predicted octanol–water partition coefficient (Wildman–Crippen LogP) is 3.64. The van der Waals surface area contributed by atoms with Crippen molar-refractivity contribution >= 4 is 23.0 Å². The number of fused-ring (bicyclic) bond motifs is 1. The first-order valence-corrected chi connectivity index (χ1v) is 8.76. The standard InChI is InChI=1S/C21H19N5O2/c1-13-17(16-8-3-4-9-18(16)23-13)12-22-26-21(27)20-11-19(24-25-20)14-6-5-7-15(10-14)28-2/h3-12,23H,1-2H3,(H,24,25)(H,26,27)/b22-12-. The second-order valence-electron chi connectivity index (χ2n) is 6.31. The number of benzene rings is 2. The number of hydrogen-bond donors (Lipinski definition) is 3. The molecule has 28 heavy (non-hydrogen) atoms. The molecule has 0 aliphatic carbocycles. The molecule has 140 valence electrons. The lowest BCUT2D eigenvalue weighted by Crippen LogP contribution is -2.18. The van der Waals surface area contributed by atoms with Gasteiger partial charge in [-0.15, -0.1) is 0 Å². The molecule has 0 saturated heterocycles. The topological polar surface area (TPSA) is 95.2 Å². The van der Waals surface area contributed by atoms with Gasteiger partial charge in [-0.05, 0) is 31.2 Å². The average molecular weight is 373 g/mol. The fourth-order valence-corrected chi connectivity index (χ4v) is 3.05. The number of rotatable bonds is 5. The second-order valence-corrected chi connectivity index (χ2v) is 6.31. The van der Waals surface area contributed by atoms with Gasteiger partial charge in [-0.2, -0.15) is 10.2 Å². The van der Waals surface area contributed by atoms with Crippen molar-refractivity contribution in [1.29, 1.82) is 0 Å². The number of ether oxygens (including phenoxy) is 1. The Bertz CT molecular complexity index is 1170. The van der Waals surface area contributed by atoms with E-state index in [9.17, 15) is 4.79 Å². The maximum atomic E-state index is 12.4. The normalized spacial score (nSPS) is 11.2. The maximum absolute atomic E-state index is 12.4. The number of aromatic nitrogens is 3. The molecule has 0 fully saturated rings. The number of para-hydroxylation sites is 1. The van der Waals surface area contributed by atoms with Gasteiger partial charge in [0.1, 0.15) is 11.4 Å². The Balaban J connectivity index is 1.49. The first kappa shape index (κ1) is 17.5. The zero-order chi connectivity index (χ0) is 19.5. The van der Waals surface area contributed by atoms with Crippen molar-refractivity contribution in [2.24, 2.45) is 5.10 Å². The SMILES string of the molecule is COc1cccc(-c2cc(C(=O)N/N=C\c3c(C)[nH]c4ccccc34)[nH]n2)c1. The fraction of sp³-hybridized carbons (Fsp3) is 0.0952. The molecule has 7 heteroatoms. The molecule has 2 heterocycles. The molecule has 4 aromatic rings. The molecule has 0 unspecified atom stereocenters. The lowest BCUT2D eigenvalue weighted by atomic mass is 10.1. The van der Waals surface area contributed by atoms with E-state index < -0.39 is 0 Å². The van der Waals surface area contributed by atoms with Crippen LogP contribution in [0.1, 0.15) is 21.7 Å². The van der Waals surface area contributed by atoms with Crippen LogP contribution >= 0.6 is 0 Å². The largest absolute Gasteiger partial charge is 0.497 e. The average Bonchev–Trinajstić information content (AvgIpc) is 3.33. The van der Waals surface area contributed by atoms with Gasteiger partial charge in [0.15, 0.2) is 0 Å². The summed E-state index contributed by atoms with van der Waals surface area (Å²) >= 11 is 0. The van der Waals surface area contributed by atoms with Crippen molar-refractivity contribution < 1.29 is 9.53 Å². The van der Waals surface area contributed by atoms with Crippen LogP contribution in [-0.2, 0) is 0 Å². The molecule has 0 aliphatic rings. The Morgan fingerprint density at radius 3 is 2.89 bits per heavy atom. The Kier molecular flexibility index (Phi) is 4.63. The fourth-order valence-electron chi connectivity index (χ4n) is 3.05. The van der Waals surface area contributed by atoms with E-state index in [2.05, 4.69) is 25.7 Å². The number of hydrazone groups is 1. The summed E-state index contributed by atoms with van der Waals surface area (Å²) in [6.07, 6.45) is 1.64. The molecule has 0 atom stereocenters. The summed E-state index contributed by atoms with van der Waals surface area (Å²) in [5, 5.41) is 12.1. The molecule has 0 saturated carbocycles. The third-order valence-corrected chi connectivity index (χ3v) is 4.49. The zero-order valence-electron chi connectivity index (χ0n) is 15.5. The minimum atomic E-state index is -0.365. The van der Waals surface area contributed by atoms with Crippen LogP contribution < -0.4 is 10.2 Å². The number of amides is 1.